The molecule has 1 atom stereocenters. The molecule has 0 bridgehead atoms. The van der Waals surface area contributed by atoms with Crippen molar-refractivity contribution in [3.05, 3.63) is 59.7 Å². The molecule has 130 valence electrons. The molecular weight excluding hydrogens is 328 g/mol. The van der Waals surface area contributed by atoms with E-state index in [0.29, 0.717) is 11.9 Å². The SMILES string of the molecule is Cc1cc2nc(CC(C)c3cc4cnncc4cc3O)cnc2cc1O. The van der Waals surface area contributed by atoms with Gasteiger partial charge in [-0.15, -0.1) is 0 Å². The van der Waals surface area contributed by atoms with Crippen LogP contribution in [-0.2, 0) is 6.42 Å². The van der Waals surface area contributed by atoms with E-state index in [1.165, 1.54) is 0 Å². The van der Waals surface area contributed by atoms with Crippen LogP contribution in [0.1, 0.15) is 29.7 Å². The summed E-state index contributed by atoms with van der Waals surface area (Å²) in [6, 6.07) is 7.12. The number of benzene rings is 2. The molecule has 0 aliphatic rings. The fraction of sp³-hybridized carbons (Fsp3) is 0.200. The van der Waals surface area contributed by atoms with E-state index in [2.05, 4.69) is 20.2 Å². The number of aromatic nitrogens is 4. The Labute approximate surface area is 150 Å². The van der Waals surface area contributed by atoms with Crippen LogP contribution in [0.4, 0.5) is 0 Å². The number of hydrogen-bond donors (Lipinski definition) is 2. The molecule has 2 N–H and O–H groups in total. The van der Waals surface area contributed by atoms with Crippen LogP contribution < -0.4 is 0 Å². The third-order valence-corrected chi connectivity index (χ3v) is 4.65. The predicted molar refractivity (Wildman–Crippen MR) is 99.3 cm³/mol. The first kappa shape index (κ1) is 16.2. The molecule has 6 nitrogen and oxygen atoms in total. The molecule has 0 radical (unpaired) electrons. The van der Waals surface area contributed by atoms with E-state index >= 15 is 0 Å². The second-order valence-electron chi connectivity index (χ2n) is 6.62. The number of phenols is 2. The Morgan fingerprint density at radius 3 is 2.38 bits per heavy atom. The summed E-state index contributed by atoms with van der Waals surface area (Å²) >= 11 is 0. The van der Waals surface area contributed by atoms with Gasteiger partial charge in [0.2, 0.25) is 0 Å². The van der Waals surface area contributed by atoms with Gasteiger partial charge in [-0.3, -0.25) is 4.98 Å². The Morgan fingerprint density at radius 2 is 1.62 bits per heavy atom. The standard InChI is InChI=1S/C20H18N4O2/c1-11(16-5-13-8-22-23-9-14(13)6-20(16)26)3-15-10-21-17-7-19(25)12(2)4-18(17)24-15/h4-11,25-26H,3H2,1-2H3. The lowest BCUT2D eigenvalue weighted by Gasteiger charge is -2.14. The molecule has 1 unspecified atom stereocenters. The maximum Gasteiger partial charge on any atom is 0.120 e. The molecule has 26 heavy (non-hydrogen) atoms. The fourth-order valence-corrected chi connectivity index (χ4v) is 3.16. The van der Waals surface area contributed by atoms with E-state index in [4.69, 9.17) is 0 Å². The molecule has 2 aromatic carbocycles. The smallest absolute Gasteiger partial charge is 0.120 e. The normalized spacial score (nSPS) is 12.5. The molecule has 2 heterocycles. The first-order valence-electron chi connectivity index (χ1n) is 8.40. The summed E-state index contributed by atoms with van der Waals surface area (Å²) in [7, 11) is 0. The van der Waals surface area contributed by atoms with Crippen molar-refractivity contribution >= 4 is 21.8 Å². The maximum absolute atomic E-state index is 10.4. The van der Waals surface area contributed by atoms with Gasteiger partial charge in [0.1, 0.15) is 11.5 Å². The van der Waals surface area contributed by atoms with Gasteiger partial charge >= 0.3 is 0 Å². The molecule has 0 amide bonds. The summed E-state index contributed by atoms with van der Waals surface area (Å²) in [5, 5.41) is 29.7. The van der Waals surface area contributed by atoms with Gasteiger partial charge in [-0.2, -0.15) is 10.2 Å². The van der Waals surface area contributed by atoms with Crippen LogP contribution >= 0.6 is 0 Å². The monoisotopic (exact) mass is 346 g/mol. The fourth-order valence-electron chi connectivity index (χ4n) is 3.16. The van der Waals surface area contributed by atoms with Gasteiger partial charge in [0, 0.05) is 23.0 Å². The Balaban J connectivity index is 1.67. The molecule has 0 saturated heterocycles. The molecule has 4 rings (SSSR count). The van der Waals surface area contributed by atoms with Crippen LogP contribution in [0, 0.1) is 6.92 Å². The van der Waals surface area contributed by atoms with E-state index in [-0.39, 0.29) is 17.4 Å². The van der Waals surface area contributed by atoms with Crippen molar-refractivity contribution in [3.8, 4) is 11.5 Å². The largest absolute Gasteiger partial charge is 0.508 e. The summed E-state index contributed by atoms with van der Waals surface area (Å²) < 4.78 is 0. The summed E-state index contributed by atoms with van der Waals surface area (Å²) in [5.74, 6) is 0.516. The number of aromatic hydroxyl groups is 2. The van der Waals surface area contributed by atoms with Crippen molar-refractivity contribution in [3.63, 3.8) is 0 Å². The van der Waals surface area contributed by atoms with Gasteiger partial charge in [-0.05, 0) is 48.6 Å². The predicted octanol–water partition coefficient (Wildman–Crippen LogP) is 3.64. The van der Waals surface area contributed by atoms with Crippen molar-refractivity contribution in [1.29, 1.82) is 0 Å². The van der Waals surface area contributed by atoms with Gasteiger partial charge in [0.05, 0.1) is 29.1 Å². The molecule has 6 heteroatoms. The number of nitrogens with zero attached hydrogens (tertiary/aromatic N) is 4. The van der Waals surface area contributed by atoms with Crippen LogP contribution in [0.15, 0.2) is 42.9 Å². The van der Waals surface area contributed by atoms with Crippen molar-refractivity contribution in [2.45, 2.75) is 26.2 Å². The van der Waals surface area contributed by atoms with Gasteiger partial charge in [0.25, 0.3) is 0 Å². The summed E-state index contributed by atoms with van der Waals surface area (Å²) in [6.07, 6.45) is 5.68. The average molecular weight is 346 g/mol. The van der Waals surface area contributed by atoms with E-state index in [9.17, 15) is 10.2 Å². The zero-order valence-electron chi connectivity index (χ0n) is 14.5. The minimum Gasteiger partial charge on any atom is -0.508 e. The van der Waals surface area contributed by atoms with E-state index in [1.807, 2.05) is 26.0 Å². The Bertz CT molecular complexity index is 1130. The quantitative estimate of drug-likeness (QED) is 0.588. The van der Waals surface area contributed by atoms with Gasteiger partial charge in [-0.25, -0.2) is 4.98 Å². The van der Waals surface area contributed by atoms with Crippen molar-refractivity contribution < 1.29 is 10.2 Å². The first-order chi connectivity index (χ1) is 12.5. The number of hydrogen-bond acceptors (Lipinski definition) is 6. The highest BCUT2D eigenvalue weighted by atomic mass is 16.3. The zero-order chi connectivity index (χ0) is 18.3. The van der Waals surface area contributed by atoms with Crippen molar-refractivity contribution in [2.75, 3.05) is 0 Å². The van der Waals surface area contributed by atoms with Crippen LogP contribution in [0.25, 0.3) is 21.8 Å². The lowest BCUT2D eigenvalue weighted by Crippen LogP contribution is -2.02. The second kappa shape index (κ2) is 6.22. The second-order valence-corrected chi connectivity index (χ2v) is 6.62. The van der Waals surface area contributed by atoms with Gasteiger partial charge < -0.3 is 10.2 Å². The molecule has 0 fully saturated rings. The number of rotatable bonds is 3. The van der Waals surface area contributed by atoms with E-state index in [1.54, 1.807) is 30.7 Å². The van der Waals surface area contributed by atoms with Crippen LogP contribution in [-0.4, -0.2) is 30.4 Å². The summed E-state index contributed by atoms with van der Waals surface area (Å²) in [4.78, 5) is 9.06. The lowest BCUT2D eigenvalue weighted by atomic mass is 9.93. The molecule has 0 saturated carbocycles. The maximum atomic E-state index is 10.4. The third-order valence-electron chi connectivity index (χ3n) is 4.65. The first-order valence-corrected chi connectivity index (χ1v) is 8.40. The molecular formula is C20H18N4O2. The molecule has 2 aromatic heterocycles. The van der Waals surface area contributed by atoms with Crippen LogP contribution in [0.5, 0.6) is 11.5 Å². The minimum atomic E-state index is 0.0533. The Morgan fingerprint density at radius 1 is 0.885 bits per heavy atom. The minimum absolute atomic E-state index is 0.0533. The van der Waals surface area contributed by atoms with Crippen LogP contribution in [0.2, 0.25) is 0 Å². The van der Waals surface area contributed by atoms with Crippen molar-refractivity contribution in [2.24, 2.45) is 0 Å². The zero-order valence-corrected chi connectivity index (χ0v) is 14.5. The number of aryl methyl sites for hydroxylation is 1. The Kier molecular flexibility index (Phi) is 3.88. The molecule has 0 aliphatic carbocycles. The highest BCUT2D eigenvalue weighted by molar-refractivity contribution is 5.83. The summed E-state index contributed by atoms with van der Waals surface area (Å²) in [6.45, 7) is 3.88. The highest BCUT2D eigenvalue weighted by Gasteiger charge is 2.14. The van der Waals surface area contributed by atoms with Gasteiger partial charge in [0.15, 0.2) is 0 Å². The molecule has 4 aromatic rings. The van der Waals surface area contributed by atoms with Gasteiger partial charge in [-0.1, -0.05) is 6.92 Å². The number of phenolic OH excluding ortho intramolecular Hbond substituents is 2. The lowest BCUT2D eigenvalue weighted by molar-refractivity contribution is 0.463. The van der Waals surface area contributed by atoms with Crippen molar-refractivity contribution in [1.82, 2.24) is 20.2 Å². The average Bonchev–Trinajstić information content (AvgIpc) is 2.62. The van der Waals surface area contributed by atoms with Crippen LogP contribution in [0.3, 0.4) is 0 Å². The summed E-state index contributed by atoms with van der Waals surface area (Å²) in [5.41, 5.74) is 3.86. The molecule has 0 spiro atoms. The Hall–Kier alpha value is -3.28. The number of fused-ring (bicyclic) bond motifs is 2. The van der Waals surface area contributed by atoms with E-state index < -0.39 is 0 Å². The van der Waals surface area contributed by atoms with E-state index in [0.717, 1.165) is 33.1 Å². The third kappa shape index (κ3) is 2.90. The topological polar surface area (TPSA) is 92.0 Å². The highest BCUT2D eigenvalue weighted by Crippen LogP contribution is 2.32. The molecule has 0 aliphatic heterocycles.